The Labute approximate surface area is 235 Å². The number of H-pyrrole nitrogens is 1. The van der Waals surface area contributed by atoms with Crippen molar-refractivity contribution < 1.29 is 14.4 Å². The van der Waals surface area contributed by atoms with Crippen LogP contribution in [-0.4, -0.2) is 77.9 Å². The van der Waals surface area contributed by atoms with Gasteiger partial charge in [0.2, 0.25) is 11.8 Å². The maximum absolute atomic E-state index is 13.3. The summed E-state index contributed by atoms with van der Waals surface area (Å²) in [5, 5.41) is 13.0. The lowest BCUT2D eigenvalue weighted by Crippen LogP contribution is -2.48. The third-order valence-electron chi connectivity index (χ3n) is 6.78. The highest BCUT2D eigenvalue weighted by Gasteiger charge is 2.24. The molecule has 0 fully saturated rings. The number of allylic oxidation sites excluding steroid dienone is 1. The van der Waals surface area contributed by atoms with Gasteiger partial charge in [-0.1, -0.05) is 35.9 Å². The van der Waals surface area contributed by atoms with Crippen LogP contribution in [0.5, 0.6) is 0 Å². The second-order valence-corrected chi connectivity index (χ2v) is 10.3. The predicted octanol–water partition coefficient (Wildman–Crippen LogP) is 2.61. The zero-order valence-corrected chi connectivity index (χ0v) is 23.3. The van der Waals surface area contributed by atoms with E-state index in [0.29, 0.717) is 45.0 Å². The van der Waals surface area contributed by atoms with Crippen molar-refractivity contribution in [2.24, 2.45) is 0 Å². The van der Waals surface area contributed by atoms with E-state index in [1.165, 1.54) is 5.57 Å². The lowest BCUT2D eigenvalue weighted by Gasteiger charge is -2.21. The summed E-state index contributed by atoms with van der Waals surface area (Å²) in [7, 11) is 0. The molecule has 40 heavy (non-hydrogen) atoms. The summed E-state index contributed by atoms with van der Waals surface area (Å²) < 4.78 is 0. The Bertz CT molecular complexity index is 1350. The molecule has 3 aromatic rings. The average molecular weight is 546 g/mol. The summed E-state index contributed by atoms with van der Waals surface area (Å²) in [5.74, 6) is -0.199. The van der Waals surface area contributed by atoms with Crippen LogP contribution in [-0.2, 0) is 16.0 Å². The average Bonchev–Trinajstić information content (AvgIpc) is 3.35. The molecule has 0 aliphatic carbocycles. The van der Waals surface area contributed by atoms with Crippen LogP contribution in [0.2, 0.25) is 0 Å². The van der Waals surface area contributed by atoms with Gasteiger partial charge in [-0.3, -0.25) is 19.3 Å². The third-order valence-corrected chi connectivity index (χ3v) is 6.78. The summed E-state index contributed by atoms with van der Waals surface area (Å²) in [6, 6.07) is 12.2. The van der Waals surface area contributed by atoms with Gasteiger partial charge in [-0.05, 0) is 57.0 Å². The van der Waals surface area contributed by atoms with E-state index in [4.69, 9.17) is 0 Å². The largest absolute Gasteiger partial charge is 0.368 e. The van der Waals surface area contributed by atoms with Crippen LogP contribution >= 0.6 is 0 Å². The number of pyridine rings is 1. The van der Waals surface area contributed by atoms with Crippen LogP contribution in [0.25, 0.3) is 10.9 Å². The highest BCUT2D eigenvalue weighted by Crippen LogP contribution is 2.19. The van der Waals surface area contributed by atoms with Gasteiger partial charge in [0, 0.05) is 49.7 Å². The number of nitrogens with zero attached hydrogens (tertiary/aromatic N) is 2. The molecule has 0 radical (unpaired) electrons. The number of amides is 3. The number of rotatable bonds is 4. The molecule has 0 saturated heterocycles. The fraction of sp³-hybridized carbons (Fsp3) is 0.400. The molecule has 5 N–H and O–H groups in total. The van der Waals surface area contributed by atoms with Gasteiger partial charge in [0.25, 0.3) is 5.91 Å². The van der Waals surface area contributed by atoms with Gasteiger partial charge >= 0.3 is 0 Å². The fourth-order valence-electron chi connectivity index (χ4n) is 4.61. The highest BCUT2D eigenvalue weighted by atomic mass is 16.2. The number of nitrogens with one attached hydrogen (secondary N) is 5. The van der Waals surface area contributed by atoms with Gasteiger partial charge in [0.15, 0.2) is 0 Å². The van der Waals surface area contributed by atoms with E-state index in [2.05, 4.69) is 42.2 Å². The molecular weight excluding hydrogens is 506 g/mol. The van der Waals surface area contributed by atoms with Gasteiger partial charge in [-0.2, -0.15) is 0 Å². The van der Waals surface area contributed by atoms with Gasteiger partial charge in [-0.15, -0.1) is 0 Å². The Kier molecular flexibility index (Phi) is 10.3. The Balaban J connectivity index is 1.51. The van der Waals surface area contributed by atoms with E-state index in [9.17, 15) is 14.4 Å². The van der Waals surface area contributed by atoms with Crippen LogP contribution in [0.3, 0.4) is 0 Å². The number of benzene rings is 1. The van der Waals surface area contributed by atoms with Crippen LogP contribution in [0, 0.1) is 0 Å². The molecule has 1 aliphatic rings. The van der Waals surface area contributed by atoms with Crippen molar-refractivity contribution in [1.82, 2.24) is 30.8 Å². The van der Waals surface area contributed by atoms with E-state index in [0.717, 1.165) is 35.9 Å². The van der Waals surface area contributed by atoms with Crippen molar-refractivity contribution in [2.75, 3.05) is 44.6 Å². The monoisotopic (exact) mass is 545 g/mol. The van der Waals surface area contributed by atoms with Gasteiger partial charge in [0.05, 0.1) is 6.54 Å². The number of aromatic amines is 1. The minimum Gasteiger partial charge on any atom is -0.368 e. The summed E-state index contributed by atoms with van der Waals surface area (Å²) in [6.45, 7) is 7.17. The number of carbonyl (C=O) groups is 3. The van der Waals surface area contributed by atoms with Crippen LogP contribution in [0.1, 0.15) is 42.7 Å². The maximum Gasteiger partial charge on any atom is 0.270 e. The highest BCUT2D eigenvalue weighted by molar-refractivity contribution is 5.96. The number of fused-ring (bicyclic) bond motifs is 3. The molecule has 0 saturated carbocycles. The Morgan fingerprint density at radius 3 is 2.65 bits per heavy atom. The predicted molar refractivity (Wildman–Crippen MR) is 157 cm³/mol. The van der Waals surface area contributed by atoms with Crippen LogP contribution in [0.4, 0.5) is 5.82 Å². The van der Waals surface area contributed by atoms with Crippen LogP contribution < -0.4 is 21.3 Å². The molecule has 2 bridgehead atoms. The number of hydrogen-bond acceptors (Lipinski definition) is 6. The van der Waals surface area contributed by atoms with Crippen molar-refractivity contribution in [3.8, 4) is 0 Å². The standard InChI is InChI=1S/C30H39N7O3/c1-21(2)12-17-37-16-6-5-13-33-29(39)26(18-22-19-34-24-9-4-3-8-23(22)24)36-30(40)25-10-7-11-27(35-25)31-14-15-32-28(38)20-37/h3-4,7-12,19,26,34H,5-6,13-18,20H2,1-2H3,(H,31,35)(H,32,38)(H,33,39)(H,36,40)/t26-/m0/s1. The quantitative estimate of drug-likeness (QED) is 0.321. The SMILES string of the molecule is CC(C)=CCN1CCCCNC(=O)[C@H](Cc2c[nH]c3ccccc23)NC(=O)c2cccc(n2)NCCNC(=O)C1. The lowest BCUT2D eigenvalue weighted by molar-refractivity contribution is -0.123. The molecule has 4 rings (SSSR count). The van der Waals surface area contributed by atoms with Gasteiger partial charge in [0.1, 0.15) is 17.6 Å². The number of aromatic nitrogens is 2. The first kappa shape index (κ1) is 28.8. The van der Waals surface area contributed by atoms with E-state index in [-0.39, 0.29) is 17.5 Å². The van der Waals surface area contributed by atoms with Crippen molar-refractivity contribution in [3.05, 3.63) is 71.6 Å². The van der Waals surface area contributed by atoms with E-state index in [1.54, 1.807) is 18.2 Å². The minimum atomic E-state index is -0.775. The smallest absolute Gasteiger partial charge is 0.270 e. The first-order valence-electron chi connectivity index (χ1n) is 13.9. The summed E-state index contributed by atoms with van der Waals surface area (Å²) in [5.41, 5.74) is 3.33. The Morgan fingerprint density at radius 1 is 0.975 bits per heavy atom. The minimum absolute atomic E-state index is 0.0450. The topological polar surface area (TPSA) is 131 Å². The maximum atomic E-state index is 13.3. The van der Waals surface area contributed by atoms with Crippen molar-refractivity contribution in [3.63, 3.8) is 0 Å². The summed E-state index contributed by atoms with van der Waals surface area (Å²) in [6.07, 6.45) is 5.91. The first-order chi connectivity index (χ1) is 19.4. The molecule has 1 atom stereocenters. The van der Waals surface area contributed by atoms with E-state index >= 15 is 0 Å². The van der Waals surface area contributed by atoms with E-state index < -0.39 is 11.9 Å². The number of anilines is 1. The normalized spacial score (nSPS) is 18.4. The zero-order valence-electron chi connectivity index (χ0n) is 23.3. The Morgan fingerprint density at radius 2 is 1.80 bits per heavy atom. The summed E-state index contributed by atoms with van der Waals surface area (Å²) in [4.78, 5) is 48.9. The molecule has 10 nitrogen and oxygen atoms in total. The van der Waals surface area contributed by atoms with Gasteiger partial charge < -0.3 is 26.3 Å². The molecule has 212 valence electrons. The fourth-order valence-corrected chi connectivity index (χ4v) is 4.61. The molecule has 1 aromatic carbocycles. The summed E-state index contributed by atoms with van der Waals surface area (Å²) >= 11 is 0. The third kappa shape index (κ3) is 8.41. The molecule has 1 aliphatic heterocycles. The van der Waals surface area contributed by atoms with Crippen molar-refractivity contribution in [1.29, 1.82) is 0 Å². The first-order valence-corrected chi connectivity index (χ1v) is 13.9. The molecule has 3 amide bonds. The number of carbonyl (C=O) groups excluding carboxylic acids is 3. The lowest BCUT2D eigenvalue weighted by atomic mass is 10.0. The second kappa shape index (κ2) is 14.3. The molecule has 0 spiro atoms. The van der Waals surface area contributed by atoms with Crippen LogP contribution in [0.15, 0.2) is 60.3 Å². The Hall–Kier alpha value is -4.18. The van der Waals surface area contributed by atoms with Crippen molar-refractivity contribution >= 4 is 34.4 Å². The molecule has 0 unspecified atom stereocenters. The van der Waals surface area contributed by atoms with Crippen molar-refractivity contribution in [2.45, 2.75) is 39.2 Å². The number of para-hydroxylation sites is 1. The zero-order chi connectivity index (χ0) is 28.3. The molecular formula is C30H39N7O3. The van der Waals surface area contributed by atoms with Gasteiger partial charge in [-0.25, -0.2) is 4.98 Å². The molecule has 10 heteroatoms. The molecule has 2 aromatic heterocycles. The number of hydrogen-bond donors (Lipinski definition) is 5. The van der Waals surface area contributed by atoms with E-state index in [1.807, 2.05) is 44.3 Å². The second-order valence-electron chi connectivity index (χ2n) is 10.3. The molecule has 3 heterocycles.